The van der Waals surface area contributed by atoms with Crippen molar-refractivity contribution in [1.82, 2.24) is 0 Å². The van der Waals surface area contributed by atoms with Crippen molar-refractivity contribution < 1.29 is 14.3 Å². The van der Waals surface area contributed by atoms with Gasteiger partial charge in [-0.3, -0.25) is 9.59 Å². The summed E-state index contributed by atoms with van der Waals surface area (Å²) in [5, 5.41) is 0. The first-order chi connectivity index (χ1) is 13.7. The molecule has 0 N–H and O–H groups in total. The summed E-state index contributed by atoms with van der Waals surface area (Å²) in [6.45, 7) is 11.9. The van der Waals surface area contributed by atoms with Gasteiger partial charge in [-0.2, -0.15) is 0 Å². The average Bonchev–Trinajstić information content (AvgIpc) is 2.69. The van der Waals surface area contributed by atoms with E-state index in [0.29, 0.717) is 11.5 Å². The molecule has 0 aliphatic carbocycles. The van der Waals surface area contributed by atoms with E-state index in [1.165, 1.54) is 6.26 Å². The highest BCUT2D eigenvalue weighted by Gasteiger charge is 2.29. The Morgan fingerprint density at radius 3 is 2.24 bits per heavy atom. The summed E-state index contributed by atoms with van der Waals surface area (Å²) in [5.41, 5.74) is 4.79. The summed E-state index contributed by atoms with van der Waals surface area (Å²) in [4.78, 5) is 25.8. The van der Waals surface area contributed by atoms with Crippen LogP contribution in [0.2, 0.25) is 0 Å². The minimum atomic E-state index is -0.346. The van der Waals surface area contributed by atoms with Gasteiger partial charge in [0.05, 0.1) is 12.7 Å². The van der Waals surface area contributed by atoms with Gasteiger partial charge in [0, 0.05) is 17.4 Å². The molecule has 0 heterocycles. The highest BCUT2D eigenvalue weighted by molar-refractivity contribution is 5.99. The van der Waals surface area contributed by atoms with Gasteiger partial charge in [-0.15, -0.1) is 0 Å². The Balaban J connectivity index is 2.27. The van der Waals surface area contributed by atoms with Crippen LogP contribution in [0.3, 0.4) is 0 Å². The first-order valence-electron chi connectivity index (χ1n) is 10.2. The van der Waals surface area contributed by atoms with Gasteiger partial charge >= 0.3 is 5.97 Å². The smallest absolute Gasteiger partial charge is 0.311 e. The lowest BCUT2D eigenvalue weighted by Crippen LogP contribution is -2.23. The largest absolute Gasteiger partial charge is 0.435 e. The van der Waals surface area contributed by atoms with E-state index in [0.717, 1.165) is 22.3 Å². The molecule has 0 bridgehead atoms. The normalized spacial score (nSPS) is 13.8. The molecule has 0 aliphatic rings. The number of hydrogen-bond donors (Lipinski definition) is 0. The quantitative estimate of drug-likeness (QED) is 0.297. The van der Waals surface area contributed by atoms with Crippen LogP contribution < -0.4 is 0 Å². The van der Waals surface area contributed by atoms with E-state index >= 15 is 0 Å². The van der Waals surface area contributed by atoms with E-state index in [9.17, 15) is 9.59 Å². The molecule has 0 aliphatic heterocycles. The number of ether oxygens (including phenoxy) is 1. The molecule has 2 atom stereocenters. The van der Waals surface area contributed by atoms with E-state index in [-0.39, 0.29) is 30.0 Å². The highest BCUT2D eigenvalue weighted by Crippen LogP contribution is 2.32. The fraction of sp³-hybridized carbons (Fsp3) is 0.385. The van der Waals surface area contributed by atoms with Crippen LogP contribution in [0.15, 0.2) is 60.4 Å². The molecule has 0 amide bonds. The molecule has 2 unspecified atom stereocenters. The molecule has 3 heteroatoms. The first kappa shape index (κ1) is 22.6. The van der Waals surface area contributed by atoms with E-state index in [4.69, 9.17) is 4.74 Å². The Bertz CT molecular complexity index is 878. The van der Waals surface area contributed by atoms with Gasteiger partial charge in [0.15, 0.2) is 5.78 Å². The molecule has 0 saturated heterocycles. The Morgan fingerprint density at radius 1 is 1.00 bits per heavy atom. The molecule has 2 aromatic carbocycles. The fourth-order valence-corrected chi connectivity index (χ4v) is 3.32. The minimum Gasteiger partial charge on any atom is -0.435 e. The number of benzene rings is 2. The fourth-order valence-electron chi connectivity index (χ4n) is 3.32. The Hall–Kier alpha value is -2.68. The number of esters is 1. The molecule has 0 saturated carbocycles. The molecule has 29 heavy (non-hydrogen) atoms. The molecule has 2 aromatic rings. The SMILES string of the molecule is C/C(=C\OC(=O)CC(c1ccccc1)C(C)C(=O)c1ccc(C)cc1C)C(C)C. The maximum atomic E-state index is 13.3. The molecule has 0 radical (unpaired) electrons. The maximum absolute atomic E-state index is 13.3. The van der Waals surface area contributed by atoms with Crippen LogP contribution >= 0.6 is 0 Å². The summed E-state index contributed by atoms with van der Waals surface area (Å²) < 4.78 is 5.38. The lowest BCUT2D eigenvalue weighted by Gasteiger charge is -2.23. The van der Waals surface area contributed by atoms with Crippen molar-refractivity contribution in [2.45, 2.75) is 53.9 Å². The summed E-state index contributed by atoms with van der Waals surface area (Å²) in [6, 6.07) is 15.6. The number of allylic oxidation sites excluding steroid dienone is 1. The third kappa shape index (κ3) is 6.15. The number of carbonyl (C=O) groups excluding carboxylic acids is 2. The molecule has 0 fully saturated rings. The van der Waals surface area contributed by atoms with Gasteiger partial charge in [-0.25, -0.2) is 0 Å². The van der Waals surface area contributed by atoms with Crippen LogP contribution in [-0.2, 0) is 9.53 Å². The lowest BCUT2D eigenvalue weighted by atomic mass is 9.79. The van der Waals surface area contributed by atoms with Crippen molar-refractivity contribution in [3.8, 4) is 0 Å². The van der Waals surface area contributed by atoms with Gasteiger partial charge < -0.3 is 4.74 Å². The number of aryl methyl sites for hydroxylation is 2. The van der Waals surface area contributed by atoms with E-state index < -0.39 is 0 Å². The number of rotatable bonds is 8. The zero-order valence-electron chi connectivity index (χ0n) is 18.4. The zero-order valence-corrected chi connectivity index (χ0v) is 18.4. The lowest BCUT2D eigenvalue weighted by molar-refractivity contribution is -0.138. The Morgan fingerprint density at radius 2 is 1.66 bits per heavy atom. The highest BCUT2D eigenvalue weighted by atomic mass is 16.5. The van der Waals surface area contributed by atoms with Crippen molar-refractivity contribution in [3.63, 3.8) is 0 Å². The van der Waals surface area contributed by atoms with Gasteiger partial charge in [-0.05, 0) is 43.4 Å². The van der Waals surface area contributed by atoms with Crippen LogP contribution in [0.1, 0.15) is 67.1 Å². The van der Waals surface area contributed by atoms with Crippen molar-refractivity contribution in [1.29, 1.82) is 0 Å². The van der Waals surface area contributed by atoms with Crippen molar-refractivity contribution in [2.75, 3.05) is 0 Å². The number of Topliss-reactive ketones (excluding diaryl/α,β-unsaturated/α-hetero) is 1. The Labute approximate surface area is 174 Å². The van der Waals surface area contributed by atoms with Crippen molar-refractivity contribution in [2.24, 2.45) is 11.8 Å². The standard InChI is InChI=1S/C26H32O3/c1-17(2)20(5)16-29-25(27)15-24(22-10-8-7-9-11-22)21(6)26(28)23-13-12-18(3)14-19(23)4/h7-14,16-17,21,24H,15H2,1-6H3/b20-16+. The second-order valence-corrected chi connectivity index (χ2v) is 8.20. The molecule has 2 rings (SSSR count). The third-order valence-corrected chi connectivity index (χ3v) is 5.57. The number of carbonyl (C=O) groups is 2. The van der Waals surface area contributed by atoms with Gasteiger partial charge in [-0.1, -0.05) is 74.9 Å². The Kier molecular flexibility index (Phi) is 7.95. The molecular formula is C26H32O3. The van der Waals surface area contributed by atoms with Gasteiger partial charge in [0.25, 0.3) is 0 Å². The van der Waals surface area contributed by atoms with Crippen LogP contribution in [0.25, 0.3) is 0 Å². The molecule has 0 aromatic heterocycles. The van der Waals surface area contributed by atoms with Crippen LogP contribution in [-0.4, -0.2) is 11.8 Å². The van der Waals surface area contributed by atoms with Gasteiger partial charge in [0.2, 0.25) is 0 Å². The van der Waals surface area contributed by atoms with Crippen molar-refractivity contribution in [3.05, 3.63) is 82.6 Å². The molecule has 0 spiro atoms. The van der Waals surface area contributed by atoms with E-state index in [1.807, 2.05) is 76.2 Å². The molecule has 3 nitrogen and oxygen atoms in total. The van der Waals surface area contributed by atoms with Crippen molar-refractivity contribution >= 4 is 11.8 Å². The van der Waals surface area contributed by atoms with E-state index in [1.54, 1.807) is 0 Å². The molecular weight excluding hydrogens is 360 g/mol. The van der Waals surface area contributed by atoms with Gasteiger partial charge in [0.1, 0.15) is 0 Å². The van der Waals surface area contributed by atoms with Crippen LogP contribution in [0, 0.1) is 25.7 Å². The summed E-state index contributed by atoms with van der Waals surface area (Å²) in [7, 11) is 0. The van der Waals surface area contributed by atoms with Crippen LogP contribution in [0.4, 0.5) is 0 Å². The third-order valence-electron chi connectivity index (χ3n) is 5.57. The summed E-state index contributed by atoms with van der Waals surface area (Å²) >= 11 is 0. The number of ketones is 1. The zero-order chi connectivity index (χ0) is 21.6. The van der Waals surface area contributed by atoms with E-state index in [2.05, 4.69) is 13.8 Å². The van der Waals surface area contributed by atoms with Crippen LogP contribution in [0.5, 0.6) is 0 Å². The minimum absolute atomic E-state index is 0.0538. The maximum Gasteiger partial charge on any atom is 0.311 e. The number of hydrogen-bond acceptors (Lipinski definition) is 3. The first-order valence-corrected chi connectivity index (χ1v) is 10.2. The molecule has 154 valence electrons. The monoisotopic (exact) mass is 392 g/mol. The summed E-state index contributed by atoms with van der Waals surface area (Å²) in [5.74, 6) is -0.541. The predicted molar refractivity (Wildman–Crippen MR) is 118 cm³/mol. The predicted octanol–water partition coefficient (Wildman–Crippen LogP) is 6.40. The second kappa shape index (κ2) is 10.2. The topological polar surface area (TPSA) is 43.4 Å². The average molecular weight is 393 g/mol. The second-order valence-electron chi connectivity index (χ2n) is 8.20. The summed E-state index contributed by atoms with van der Waals surface area (Å²) in [6.07, 6.45) is 1.69.